The van der Waals surface area contributed by atoms with Crippen molar-refractivity contribution >= 4 is 5.78 Å². The molecule has 0 aromatic heterocycles. The van der Waals surface area contributed by atoms with Crippen LogP contribution in [0.3, 0.4) is 0 Å². The number of hydrogen-bond acceptors (Lipinski definition) is 4. The molecule has 0 aromatic carbocycles. The van der Waals surface area contributed by atoms with Gasteiger partial charge in [-0.2, -0.15) is 0 Å². The first-order chi connectivity index (χ1) is 16.1. The highest BCUT2D eigenvalue weighted by molar-refractivity contribution is 5.88. The number of ketones is 1. The van der Waals surface area contributed by atoms with Crippen LogP contribution in [0, 0.1) is 28.6 Å². The van der Waals surface area contributed by atoms with Crippen LogP contribution in [0.2, 0.25) is 0 Å². The van der Waals surface area contributed by atoms with Gasteiger partial charge >= 0.3 is 0 Å². The summed E-state index contributed by atoms with van der Waals surface area (Å²) in [6, 6.07) is 0. The highest BCUT2D eigenvalue weighted by atomic mass is 16.3. The Bertz CT molecular complexity index is 891. The summed E-state index contributed by atoms with van der Waals surface area (Å²) in [5.41, 5.74) is 2.94. The van der Waals surface area contributed by atoms with Gasteiger partial charge in [0.2, 0.25) is 0 Å². The third kappa shape index (κ3) is 4.66. The maximum atomic E-state index is 12.3. The smallest absolute Gasteiger partial charge is 0.141 e. The summed E-state index contributed by atoms with van der Waals surface area (Å²) >= 11 is 0. The molecule has 4 fully saturated rings. The summed E-state index contributed by atoms with van der Waals surface area (Å²) in [7, 11) is 0. The molecule has 0 unspecified atom stereocenters. The molecule has 34 heavy (non-hydrogen) atoms. The Morgan fingerprint density at radius 2 is 1.91 bits per heavy atom. The fraction of sp³-hybridized carbons (Fsp3) is 0.700. The zero-order valence-electron chi connectivity index (χ0n) is 21.3. The van der Waals surface area contributed by atoms with Crippen LogP contribution in [0.1, 0.15) is 85.0 Å². The van der Waals surface area contributed by atoms with Crippen LogP contribution in [-0.4, -0.2) is 39.4 Å². The highest BCUT2D eigenvalue weighted by Crippen LogP contribution is 2.59. The molecule has 4 aliphatic carbocycles. The normalized spacial score (nSPS) is 39.4. The van der Waals surface area contributed by atoms with E-state index in [0.29, 0.717) is 37.0 Å². The molecular weight excluding hydrogens is 424 g/mol. The van der Waals surface area contributed by atoms with Crippen molar-refractivity contribution in [3.63, 3.8) is 0 Å². The Kier molecular flexibility index (Phi) is 7.43. The van der Waals surface area contributed by atoms with Crippen molar-refractivity contribution in [1.82, 2.24) is 0 Å². The van der Waals surface area contributed by atoms with Crippen LogP contribution in [0.25, 0.3) is 0 Å². The fourth-order valence-corrected chi connectivity index (χ4v) is 7.43. The Morgan fingerprint density at radius 1 is 1.18 bits per heavy atom. The van der Waals surface area contributed by atoms with E-state index >= 15 is 0 Å². The molecule has 3 N–H and O–H groups in total. The summed E-state index contributed by atoms with van der Waals surface area (Å²) < 4.78 is 0. The number of carbonyl (C=O) groups is 1. The molecule has 0 radical (unpaired) electrons. The van der Waals surface area contributed by atoms with E-state index in [2.05, 4.69) is 38.7 Å². The van der Waals surface area contributed by atoms with Crippen molar-refractivity contribution in [3.8, 4) is 0 Å². The Hall–Kier alpha value is -1.49. The molecule has 0 aromatic rings. The van der Waals surface area contributed by atoms with Gasteiger partial charge in [0.15, 0.2) is 0 Å². The minimum Gasteiger partial charge on any atom is -0.393 e. The maximum absolute atomic E-state index is 12.3. The third-order valence-corrected chi connectivity index (χ3v) is 9.77. The number of aliphatic hydroxyl groups excluding tert-OH is 3. The zero-order chi connectivity index (χ0) is 24.7. The van der Waals surface area contributed by atoms with Gasteiger partial charge in [-0.25, -0.2) is 0 Å². The second kappa shape index (κ2) is 9.87. The van der Waals surface area contributed by atoms with Gasteiger partial charge in [-0.3, -0.25) is 4.79 Å². The molecule has 4 aliphatic rings. The number of rotatable bonds is 7. The molecule has 188 valence electrons. The number of Topliss-reactive ketones (excluding diaryl/α,β-unsaturated/α-hetero) is 1. The first kappa shape index (κ1) is 25.6. The zero-order valence-corrected chi connectivity index (χ0v) is 21.3. The molecule has 7 atom stereocenters. The molecule has 0 heterocycles. The standard InChI is InChI=1S/C30H44O4/c1-5-27(33)30(15-16-30)28(34)13-8-19(2)24-11-12-25-21(7-6-14-29(24,25)4)9-10-22-17-23(31)18-26(32)20(22)3/h8-10,13,19,23-26,28,31-32,34H,3,5-7,11-12,14-18H2,1-2,4H3/t19-,23-,24-,25+,26+,28-,29-/m1/s1. The number of allylic oxidation sites excluding steroid dienone is 4. The maximum Gasteiger partial charge on any atom is 0.141 e. The van der Waals surface area contributed by atoms with E-state index in [1.165, 1.54) is 31.3 Å². The van der Waals surface area contributed by atoms with Gasteiger partial charge in [0, 0.05) is 12.8 Å². The molecule has 4 rings (SSSR count). The second-order valence-corrected chi connectivity index (χ2v) is 11.8. The predicted octanol–water partition coefficient (Wildman–Crippen LogP) is 5.44. The van der Waals surface area contributed by atoms with Crippen LogP contribution >= 0.6 is 0 Å². The first-order valence-electron chi connectivity index (χ1n) is 13.5. The average Bonchev–Trinajstić information content (AvgIpc) is 3.54. The molecular formula is C30H44O4. The minimum absolute atomic E-state index is 0.196. The molecule has 0 amide bonds. The largest absolute Gasteiger partial charge is 0.393 e. The van der Waals surface area contributed by atoms with E-state index in [4.69, 9.17) is 0 Å². The van der Waals surface area contributed by atoms with E-state index in [1.807, 2.05) is 13.0 Å². The molecule has 4 saturated carbocycles. The molecule has 0 bridgehead atoms. The van der Waals surface area contributed by atoms with Gasteiger partial charge in [0.1, 0.15) is 5.78 Å². The summed E-state index contributed by atoms with van der Waals surface area (Å²) in [6.45, 7) is 10.7. The lowest BCUT2D eigenvalue weighted by atomic mass is 9.61. The van der Waals surface area contributed by atoms with Crippen LogP contribution in [0.15, 0.2) is 47.6 Å². The third-order valence-electron chi connectivity index (χ3n) is 9.77. The van der Waals surface area contributed by atoms with Crippen LogP contribution in [0.4, 0.5) is 0 Å². The van der Waals surface area contributed by atoms with Crippen molar-refractivity contribution in [3.05, 3.63) is 47.6 Å². The van der Waals surface area contributed by atoms with E-state index < -0.39 is 23.7 Å². The van der Waals surface area contributed by atoms with Gasteiger partial charge in [0.05, 0.1) is 23.7 Å². The summed E-state index contributed by atoms with van der Waals surface area (Å²) in [5.74, 6) is 1.66. The van der Waals surface area contributed by atoms with Gasteiger partial charge in [-0.1, -0.05) is 57.2 Å². The van der Waals surface area contributed by atoms with Gasteiger partial charge < -0.3 is 15.3 Å². The molecule has 0 saturated heterocycles. The monoisotopic (exact) mass is 468 g/mol. The Labute approximate surface area is 205 Å². The number of aliphatic hydroxyl groups is 3. The van der Waals surface area contributed by atoms with Gasteiger partial charge in [-0.15, -0.1) is 0 Å². The van der Waals surface area contributed by atoms with Crippen LogP contribution in [-0.2, 0) is 4.79 Å². The number of fused-ring (bicyclic) bond motifs is 1. The summed E-state index contributed by atoms with van der Waals surface area (Å²) in [5, 5.41) is 31.0. The predicted molar refractivity (Wildman–Crippen MR) is 136 cm³/mol. The summed E-state index contributed by atoms with van der Waals surface area (Å²) in [6.07, 6.45) is 15.6. The van der Waals surface area contributed by atoms with Crippen molar-refractivity contribution in [2.24, 2.45) is 28.6 Å². The number of hydrogen-bond donors (Lipinski definition) is 3. The van der Waals surface area contributed by atoms with E-state index in [0.717, 1.165) is 30.4 Å². The van der Waals surface area contributed by atoms with Gasteiger partial charge in [-0.05, 0) is 85.7 Å². The number of carbonyl (C=O) groups excluding carboxylic acids is 1. The second-order valence-electron chi connectivity index (χ2n) is 11.8. The first-order valence-corrected chi connectivity index (χ1v) is 13.5. The lowest BCUT2D eigenvalue weighted by molar-refractivity contribution is -0.126. The van der Waals surface area contributed by atoms with Crippen molar-refractivity contribution in [2.75, 3.05) is 0 Å². The van der Waals surface area contributed by atoms with Crippen molar-refractivity contribution in [1.29, 1.82) is 0 Å². The molecule has 0 aliphatic heterocycles. The Balaban J connectivity index is 1.47. The lowest BCUT2D eigenvalue weighted by Crippen LogP contribution is -2.35. The Morgan fingerprint density at radius 3 is 2.59 bits per heavy atom. The average molecular weight is 469 g/mol. The lowest BCUT2D eigenvalue weighted by Gasteiger charge is -2.44. The van der Waals surface area contributed by atoms with Crippen molar-refractivity contribution in [2.45, 2.75) is 103 Å². The van der Waals surface area contributed by atoms with Crippen LogP contribution < -0.4 is 0 Å². The SMILES string of the molecule is C=C1C(=CC=C2CCC[C@]3(C)[C@@H]([C@H](C)C=C[C@@H](O)C4(C(=O)CC)CC4)CC[C@@H]23)C[C@@H](O)C[C@@H]1O. The molecule has 4 nitrogen and oxygen atoms in total. The van der Waals surface area contributed by atoms with Crippen LogP contribution in [0.5, 0.6) is 0 Å². The van der Waals surface area contributed by atoms with E-state index in [1.54, 1.807) is 0 Å². The quantitative estimate of drug-likeness (QED) is 0.435. The fourth-order valence-electron chi connectivity index (χ4n) is 7.43. The van der Waals surface area contributed by atoms with E-state index in [-0.39, 0.29) is 11.2 Å². The topological polar surface area (TPSA) is 77.8 Å². The molecule has 0 spiro atoms. The van der Waals surface area contributed by atoms with Crippen molar-refractivity contribution < 1.29 is 20.1 Å². The molecule has 4 heteroatoms. The summed E-state index contributed by atoms with van der Waals surface area (Å²) in [4.78, 5) is 12.3. The van der Waals surface area contributed by atoms with E-state index in [9.17, 15) is 20.1 Å². The van der Waals surface area contributed by atoms with Gasteiger partial charge in [0.25, 0.3) is 0 Å². The minimum atomic E-state index is -0.657. The highest BCUT2D eigenvalue weighted by Gasteiger charge is 2.53.